The van der Waals surface area contributed by atoms with Crippen LogP contribution < -0.4 is 24.8 Å². The third-order valence-electron chi connectivity index (χ3n) is 3.74. The van der Waals surface area contributed by atoms with Gasteiger partial charge in [0.15, 0.2) is 11.5 Å². The van der Waals surface area contributed by atoms with Crippen molar-refractivity contribution in [3.8, 4) is 17.2 Å². The van der Waals surface area contributed by atoms with Gasteiger partial charge in [-0.1, -0.05) is 23.7 Å². The number of ether oxygens (including phenoxy) is 3. The quantitative estimate of drug-likeness (QED) is 0.720. The van der Waals surface area contributed by atoms with Gasteiger partial charge >= 0.3 is 0 Å². The Morgan fingerprint density at radius 2 is 1.59 bits per heavy atom. The van der Waals surface area contributed by atoms with Crippen LogP contribution in [0.2, 0.25) is 5.02 Å². The lowest BCUT2D eigenvalue weighted by molar-refractivity contribution is -0.120. The van der Waals surface area contributed by atoms with E-state index >= 15 is 0 Å². The number of hydrogen-bond acceptors (Lipinski definition) is 5. The summed E-state index contributed by atoms with van der Waals surface area (Å²) in [6, 6.07) is 10.1. The minimum absolute atomic E-state index is 0.172. The van der Waals surface area contributed by atoms with Crippen LogP contribution >= 0.6 is 11.6 Å². The molecule has 0 aliphatic carbocycles. The number of hydrogen-bond donors (Lipinski definition) is 2. The van der Waals surface area contributed by atoms with Gasteiger partial charge in [0.25, 0.3) is 5.91 Å². The molecule has 0 saturated heterocycles. The molecular weight excluding hydrogens is 372 g/mol. The molecule has 0 heterocycles. The van der Waals surface area contributed by atoms with E-state index in [9.17, 15) is 9.59 Å². The van der Waals surface area contributed by atoms with Crippen LogP contribution in [0.1, 0.15) is 15.9 Å². The Hall–Kier alpha value is -2.93. The number of nitrogens with one attached hydrogen (secondary N) is 2. The first-order valence-corrected chi connectivity index (χ1v) is 8.46. The summed E-state index contributed by atoms with van der Waals surface area (Å²) in [7, 11) is 4.55. The standard InChI is InChI=1S/C19H21ClN2O5/c1-25-15-8-12(9-16(26-2)18(15)27-3)10-21-17(23)11-22-19(24)13-6-4-5-7-14(13)20/h4-9H,10-11H2,1-3H3,(H,21,23)(H,22,24). The smallest absolute Gasteiger partial charge is 0.253 e. The first-order chi connectivity index (χ1) is 13.0. The second-order valence-corrected chi connectivity index (χ2v) is 5.88. The highest BCUT2D eigenvalue weighted by Gasteiger charge is 2.14. The van der Waals surface area contributed by atoms with E-state index in [2.05, 4.69) is 10.6 Å². The van der Waals surface area contributed by atoms with Crippen molar-refractivity contribution >= 4 is 23.4 Å². The van der Waals surface area contributed by atoms with Crippen molar-refractivity contribution in [1.29, 1.82) is 0 Å². The Morgan fingerprint density at radius 3 is 2.15 bits per heavy atom. The van der Waals surface area contributed by atoms with Gasteiger partial charge in [-0.2, -0.15) is 0 Å². The minimum atomic E-state index is -0.413. The molecular formula is C19H21ClN2O5. The van der Waals surface area contributed by atoms with Crippen LogP contribution in [0.25, 0.3) is 0 Å². The predicted molar refractivity (Wildman–Crippen MR) is 102 cm³/mol. The topological polar surface area (TPSA) is 85.9 Å². The third kappa shape index (κ3) is 5.27. The maximum atomic E-state index is 12.1. The van der Waals surface area contributed by atoms with E-state index in [0.717, 1.165) is 5.56 Å². The SMILES string of the molecule is COc1cc(CNC(=O)CNC(=O)c2ccccc2Cl)cc(OC)c1OC. The molecule has 2 rings (SSSR count). The lowest BCUT2D eigenvalue weighted by Crippen LogP contribution is -2.36. The fourth-order valence-electron chi connectivity index (χ4n) is 2.40. The highest BCUT2D eigenvalue weighted by Crippen LogP contribution is 2.38. The Morgan fingerprint density at radius 1 is 0.963 bits per heavy atom. The van der Waals surface area contributed by atoms with Gasteiger partial charge in [0.1, 0.15) is 0 Å². The fourth-order valence-corrected chi connectivity index (χ4v) is 2.62. The summed E-state index contributed by atoms with van der Waals surface area (Å²) in [5, 5.41) is 5.58. The van der Waals surface area contributed by atoms with E-state index < -0.39 is 5.91 Å². The number of halogens is 1. The van der Waals surface area contributed by atoms with Gasteiger partial charge in [-0.15, -0.1) is 0 Å². The zero-order valence-electron chi connectivity index (χ0n) is 15.3. The van der Waals surface area contributed by atoms with E-state index in [-0.39, 0.29) is 19.0 Å². The van der Waals surface area contributed by atoms with Crippen molar-refractivity contribution in [2.24, 2.45) is 0 Å². The Labute approximate surface area is 162 Å². The van der Waals surface area contributed by atoms with Gasteiger partial charge in [-0.25, -0.2) is 0 Å². The first kappa shape index (κ1) is 20.4. The summed E-state index contributed by atoms with van der Waals surface area (Å²) in [6.45, 7) is 0.0615. The van der Waals surface area contributed by atoms with Crippen LogP contribution in [0.3, 0.4) is 0 Å². The average Bonchev–Trinajstić information content (AvgIpc) is 2.69. The van der Waals surface area contributed by atoms with E-state index in [0.29, 0.717) is 27.8 Å². The van der Waals surface area contributed by atoms with Gasteiger partial charge < -0.3 is 24.8 Å². The molecule has 0 unspecified atom stereocenters. The number of carbonyl (C=O) groups excluding carboxylic acids is 2. The molecule has 8 heteroatoms. The molecule has 2 N–H and O–H groups in total. The normalized spacial score (nSPS) is 10.1. The Kier molecular flexibility index (Phi) is 7.31. The van der Waals surface area contributed by atoms with E-state index in [1.807, 2.05) is 0 Å². The van der Waals surface area contributed by atoms with Gasteiger partial charge in [0, 0.05) is 6.54 Å². The number of methoxy groups -OCH3 is 3. The molecule has 0 aliphatic heterocycles. The van der Waals surface area contributed by atoms with Crippen LogP contribution in [-0.4, -0.2) is 39.7 Å². The molecule has 0 atom stereocenters. The summed E-state index contributed by atoms with van der Waals surface area (Å²) in [5.41, 5.74) is 1.08. The molecule has 2 amide bonds. The second kappa shape index (κ2) is 9.68. The summed E-state index contributed by atoms with van der Waals surface area (Å²) in [4.78, 5) is 24.1. The lowest BCUT2D eigenvalue weighted by atomic mass is 10.1. The molecule has 7 nitrogen and oxygen atoms in total. The monoisotopic (exact) mass is 392 g/mol. The van der Waals surface area contributed by atoms with Crippen LogP contribution in [0.4, 0.5) is 0 Å². The maximum Gasteiger partial charge on any atom is 0.253 e. The maximum absolute atomic E-state index is 12.1. The molecule has 0 aromatic heterocycles. The molecule has 0 aliphatic rings. The first-order valence-electron chi connectivity index (χ1n) is 8.08. The van der Waals surface area contributed by atoms with Crippen molar-refractivity contribution < 1.29 is 23.8 Å². The van der Waals surface area contributed by atoms with Crippen LogP contribution in [0, 0.1) is 0 Å². The Balaban J connectivity index is 1.94. The molecule has 0 spiro atoms. The van der Waals surface area contributed by atoms with Crippen LogP contribution in [0.15, 0.2) is 36.4 Å². The molecule has 0 bridgehead atoms. The Bertz CT molecular complexity index is 800. The molecule has 2 aromatic carbocycles. The van der Waals surface area contributed by atoms with Crippen molar-refractivity contribution in [1.82, 2.24) is 10.6 Å². The molecule has 0 saturated carbocycles. The summed E-state index contributed by atoms with van der Waals surface area (Å²) < 4.78 is 15.8. The number of carbonyl (C=O) groups is 2. The highest BCUT2D eigenvalue weighted by atomic mass is 35.5. The largest absolute Gasteiger partial charge is 0.493 e. The lowest BCUT2D eigenvalue weighted by Gasteiger charge is -2.14. The van der Waals surface area contributed by atoms with E-state index in [1.165, 1.54) is 21.3 Å². The second-order valence-electron chi connectivity index (χ2n) is 5.47. The van der Waals surface area contributed by atoms with E-state index in [4.69, 9.17) is 25.8 Å². The minimum Gasteiger partial charge on any atom is -0.493 e. The van der Waals surface area contributed by atoms with Gasteiger partial charge in [0.2, 0.25) is 11.7 Å². The third-order valence-corrected chi connectivity index (χ3v) is 4.07. The zero-order chi connectivity index (χ0) is 19.8. The average molecular weight is 393 g/mol. The fraction of sp³-hybridized carbons (Fsp3) is 0.263. The van der Waals surface area contributed by atoms with Crippen LogP contribution in [-0.2, 0) is 11.3 Å². The zero-order valence-corrected chi connectivity index (χ0v) is 16.1. The summed E-state index contributed by atoms with van der Waals surface area (Å²) >= 11 is 5.96. The molecule has 2 aromatic rings. The highest BCUT2D eigenvalue weighted by molar-refractivity contribution is 6.33. The van der Waals surface area contributed by atoms with E-state index in [1.54, 1.807) is 36.4 Å². The predicted octanol–water partition coefficient (Wildman–Crippen LogP) is 2.41. The van der Waals surface area contributed by atoms with Gasteiger partial charge in [-0.3, -0.25) is 9.59 Å². The molecule has 144 valence electrons. The molecule has 0 radical (unpaired) electrons. The van der Waals surface area contributed by atoms with Gasteiger partial charge in [0.05, 0.1) is 38.5 Å². The van der Waals surface area contributed by atoms with Crippen molar-refractivity contribution in [3.05, 3.63) is 52.5 Å². The number of benzene rings is 2. The summed E-state index contributed by atoms with van der Waals surface area (Å²) in [6.07, 6.45) is 0. The van der Waals surface area contributed by atoms with Crippen molar-refractivity contribution in [2.75, 3.05) is 27.9 Å². The number of amides is 2. The van der Waals surface area contributed by atoms with Crippen molar-refractivity contribution in [2.45, 2.75) is 6.54 Å². The molecule has 0 fully saturated rings. The number of rotatable bonds is 8. The van der Waals surface area contributed by atoms with Crippen molar-refractivity contribution in [3.63, 3.8) is 0 Å². The van der Waals surface area contributed by atoms with Crippen LogP contribution in [0.5, 0.6) is 17.2 Å². The molecule has 27 heavy (non-hydrogen) atoms. The van der Waals surface area contributed by atoms with Gasteiger partial charge in [-0.05, 0) is 29.8 Å². The summed E-state index contributed by atoms with van der Waals surface area (Å²) in [5.74, 6) is 0.705.